The van der Waals surface area contributed by atoms with Crippen LogP contribution in [0, 0.1) is 0 Å². The van der Waals surface area contributed by atoms with E-state index < -0.39 is 13.0 Å². The number of nitrogens with one attached hydrogen (secondary N) is 1. The maximum atomic E-state index is 12.0. The third-order valence-electron chi connectivity index (χ3n) is 2.27. The second-order valence-corrected chi connectivity index (χ2v) is 4.31. The molecule has 106 valence electrons. The van der Waals surface area contributed by atoms with Crippen LogP contribution in [0.5, 0.6) is 5.75 Å². The molecule has 0 aliphatic heterocycles. The summed E-state index contributed by atoms with van der Waals surface area (Å²) in [4.78, 5) is 11.4. The van der Waals surface area contributed by atoms with Crippen LogP contribution in [0.4, 0.5) is 8.78 Å². The molecule has 4 nitrogen and oxygen atoms in total. The van der Waals surface area contributed by atoms with Crippen molar-refractivity contribution < 1.29 is 18.3 Å². The fourth-order valence-electron chi connectivity index (χ4n) is 1.47. The van der Waals surface area contributed by atoms with Gasteiger partial charge in [0.25, 0.3) is 6.43 Å². The van der Waals surface area contributed by atoms with Crippen LogP contribution in [0.25, 0.3) is 0 Å². The van der Waals surface area contributed by atoms with E-state index in [4.69, 9.17) is 10.5 Å². The molecule has 0 saturated heterocycles. The van der Waals surface area contributed by atoms with Gasteiger partial charge in [-0.1, -0.05) is 12.1 Å². The fourth-order valence-corrected chi connectivity index (χ4v) is 1.47. The molecule has 0 fully saturated rings. The summed E-state index contributed by atoms with van der Waals surface area (Å²) < 4.78 is 28.9. The Kier molecular flexibility index (Phi) is 6.21. The van der Waals surface area contributed by atoms with Crippen LogP contribution in [0.3, 0.4) is 0 Å². The summed E-state index contributed by atoms with van der Waals surface area (Å²) in [6, 6.07) is 6.49. The Morgan fingerprint density at radius 1 is 1.47 bits per heavy atom. The SMILES string of the molecule is CC(N)CC(=O)NCc1cccc(OCC(F)F)c1. The Bertz CT molecular complexity index is 411. The van der Waals surface area contributed by atoms with Crippen molar-refractivity contribution in [2.24, 2.45) is 5.73 Å². The minimum atomic E-state index is -2.51. The summed E-state index contributed by atoms with van der Waals surface area (Å²) in [5.74, 6) is 0.216. The van der Waals surface area contributed by atoms with E-state index in [9.17, 15) is 13.6 Å². The van der Waals surface area contributed by atoms with Gasteiger partial charge in [-0.3, -0.25) is 4.79 Å². The first-order chi connectivity index (χ1) is 8.97. The van der Waals surface area contributed by atoms with Gasteiger partial charge in [0.15, 0.2) is 0 Å². The first-order valence-electron chi connectivity index (χ1n) is 5.99. The van der Waals surface area contributed by atoms with Crippen molar-refractivity contribution >= 4 is 5.91 Å². The zero-order valence-electron chi connectivity index (χ0n) is 10.7. The highest BCUT2D eigenvalue weighted by Crippen LogP contribution is 2.14. The largest absolute Gasteiger partial charge is 0.488 e. The molecular formula is C13H18F2N2O2. The summed E-state index contributed by atoms with van der Waals surface area (Å²) in [6.07, 6.45) is -2.25. The van der Waals surface area contributed by atoms with Crippen LogP contribution in [0.15, 0.2) is 24.3 Å². The lowest BCUT2D eigenvalue weighted by Crippen LogP contribution is -2.29. The van der Waals surface area contributed by atoms with E-state index >= 15 is 0 Å². The van der Waals surface area contributed by atoms with Gasteiger partial charge in [0.2, 0.25) is 5.91 Å². The topological polar surface area (TPSA) is 64.4 Å². The first-order valence-corrected chi connectivity index (χ1v) is 5.99. The molecule has 0 bridgehead atoms. The van der Waals surface area contributed by atoms with Gasteiger partial charge in [-0.05, 0) is 24.6 Å². The van der Waals surface area contributed by atoms with E-state index in [-0.39, 0.29) is 18.4 Å². The summed E-state index contributed by atoms with van der Waals surface area (Å²) in [7, 11) is 0. The Morgan fingerprint density at radius 2 is 2.21 bits per heavy atom. The molecule has 1 aromatic carbocycles. The van der Waals surface area contributed by atoms with E-state index in [2.05, 4.69) is 5.32 Å². The van der Waals surface area contributed by atoms with Gasteiger partial charge < -0.3 is 15.8 Å². The fraction of sp³-hybridized carbons (Fsp3) is 0.462. The molecule has 0 radical (unpaired) electrons. The van der Waals surface area contributed by atoms with Gasteiger partial charge in [0.1, 0.15) is 12.4 Å². The van der Waals surface area contributed by atoms with Crippen molar-refractivity contribution in [3.63, 3.8) is 0 Å². The van der Waals surface area contributed by atoms with Crippen molar-refractivity contribution in [2.75, 3.05) is 6.61 Å². The molecule has 3 N–H and O–H groups in total. The average molecular weight is 272 g/mol. The van der Waals surface area contributed by atoms with Crippen molar-refractivity contribution in [3.05, 3.63) is 29.8 Å². The number of rotatable bonds is 7. The number of hydrogen-bond donors (Lipinski definition) is 2. The predicted molar refractivity (Wildman–Crippen MR) is 68.1 cm³/mol. The molecule has 1 aromatic rings. The molecule has 0 aromatic heterocycles. The lowest BCUT2D eigenvalue weighted by Gasteiger charge is -2.09. The van der Waals surface area contributed by atoms with E-state index in [1.807, 2.05) is 0 Å². The standard InChI is InChI=1S/C13H18F2N2O2/c1-9(16)5-13(18)17-7-10-3-2-4-11(6-10)19-8-12(14)15/h2-4,6,9,12H,5,7-8,16H2,1H3,(H,17,18). The highest BCUT2D eigenvalue weighted by molar-refractivity contribution is 5.76. The number of carbonyl (C=O) groups is 1. The summed E-state index contributed by atoms with van der Waals surface area (Å²) in [6.45, 7) is 1.43. The number of amides is 1. The van der Waals surface area contributed by atoms with E-state index in [0.717, 1.165) is 5.56 Å². The smallest absolute Gasteiger partial charge is 0.272 e. The minimum Gasteiger partial charge on any atom is -0.488 e. The number of carbonyl (C=O) groups excluding carboxylic acids is 1. The Balaban J connectivity index is 2.45. The quantitative estimate of drug-likeness (QED) is 0.793. The number of hydrogen-bond acceptors (Lipinski definition) is 3. The van der Waals surface area contributed by atoms with E-state index in [0.29, 0.717) is 12.3 Å². The van der Waals surface area contributed by atoms with Crippen LogP contribution >= 0.6 is 0 Å². The third-order valence-corrected chi connectivity index (χ3v) is 2.27. The highest BCUT2D eigenvalue weighted by Gasteiger charge is 2.06. The van der Waals surface area contributed by atoms with Gasteiger partial charge in [-0.2, -0.15) is 0 Å². The van der Waals surface area contributed by atoms with Gasteiger partial charge in [0.05, 0.1) is 0 Å². The van der Waals surface area contributed by atoms with Crippen molar-refractivity contribution in [3.8, 4) is 5.75 Å². The average Bonchev–Trinajstić information content (AvgIpc) is 2.34. The van der Waals surface area contributed by atoms with E-state index in [1.54, 1.807) is 31.2 Å². The molecule has 1 atom stereocenters. The van der Waals surface area contributed by atoms with Gasteiger partial charge in [-0.25, -0.2) is 8.78 Å². The number of halogens is 2. The Morgan fingerprint density at radius 3 is 2.84 bits per heavy atom. The molecule has 0 aliphatic rings. The third kappa shape index (κ3) is 6.71. The molecule has 0 aliphatic carbocycles. The van der Waals surface area contributed by atoms with E-state index in [1.165, 1.54) is 0 Å². The summed E-state index contributed by atoms with van der Waals surface area (Å²) in [5.41, 5.74) is 6.28. The predicted octanol–water partition coefficient (Wildman–Crippen LogP) is 1.68. The second kappa shape index (κ2) is 7.68. The zero-order valence-corrected chi connectivity index (χ0v) is 10.7. The number of ether oxygens (including phenoxy) is 1. The summed E-state index contributed by atoms with van der Waals surface area (Å²) in [5, 5.41) is 2.70. The summed E-state index contributed by atoms with van der Waals surface area (Å²) >= 11 is 0. The van der Waals surface area contributed by atoms with Crippen LogP contribution in [-0.2, 0) is 11.3 Å². The molecule has 1 amide bonds. The molecule has 0 spiro atoms. The van der Waals surface area contributed by atoms with Crippen molar-refractivity contribution in [2.45, 2.75) is 32.4 Å². The van der Waals surface area contributed by atoms with Crippen LogP contribution in [0.1, 0.15) is 18.9 Å². The number of benzene rings is 1. The Labute approximate surface area is 110 Å². The van der Waals surface area contributed by atoms with Gasteiger partial charge >= 0.3 is 0 Å². The monoisotopic (exact) mass is 272 g/mol. The van der Waals surface area contributed by atoms with Crippen LogP contribution < -0.4 is 15.8 Å². The van der Waals surface area contributed by atoms with Crippen LogP contribution in [0.2, 0.25) is 0 Å². The molecule has 1 rings (SSSR count). The molecular weight excluding hydrogens is 254 g/mol. The Hall–Kier alpha value is -1.69. The first kappa shape index (κ1) is 15.4. The maximum absolute atomic E-state index is 12.0. The molecule has 6 heteroatoms. The molecule has 0 saturated carbocycles. The lowest BCUT2D eigenvalue weighted by molar-refractivity contribution is -0.121. The second-order valence-electron chi connectivity index (χ2n) is 4.31. The van der Waals surface area contributed by atoms with Gasteiger partial charge in [-0.15, -0.1) is 0 Å². The van der Waals surface area contributed by atoms with Crippen molar-refractivity contribution in [1.29, 1.82) is 0 Å². The van der Waals surface area contributed by atoms with Crippen molar-refractivity contribution in [1.82, 2.24) is 5.32 Å². The lowest BCUT2D eigenvalue weighted by atomic mass is 10.2. The minimum absolute atomic E-state index is 0.145. The highest BCUT2D eigenvalue weighted by atomic mass is 19.3. The normalized spacial score (nSPS) is 12.3. The number of alkyl halides is 2. The van der Waals surface area contributed by atoms with Crippen LogP contribution in [-0.4, -0.2) is 25.0 Å². The zero-order chi connectivity index (χ0) is 14.3. The number of nitrogens with two attached hydrogens (primary N) is 1. The molecule has 0 heterocycles. The van der Waals surface area contributed by atoms with Gasteiger partial charge in [0, 0.05) is 19.0 Å². The molecule has 19 heavy (non-hydrogen) atoms. The maximum Gasteiger partial charge on any atom is 0.272 e. The molecule has 1 unspecified atom stereocenters.